The zero-order valence-electron chi connectivity index (χ0n) is 21.0. The van der Waals surface area contributed by atoms with Crippen molar-refractivity contribution in [2.75, 3.05) is 11.5 Å². The number of fused-ring (bicyclic) bond motifs is 4. The van der Waals surface area contributed by atoms with E-state index >= 15 is 0 Å². The Labute approximate surface area is 227 Å². The summed E-state index contributed by atoms with van der Waals surface area (Å²) < 4.78 is 151. The van der Waals surface area contributed by atoms with Crippen LogP contribution in [-0.4, -0.2) is 43.2 Å². The first kappa shape index (κ1) is 29.8. The highest BCUT2D eigenvalue weighted by Crippen LogP contribution is 2.65. The van der Waals surface area contributed by atoms with Crippen LogP contribution in [0.15, 0.2) is 41.3 Å². The van der Waals surface area contributed by atoms with Crippen molar-refractivity contribution in [2.24, 2.45) is 11.8 Å². The summed E-state index contributed by atoms with van der Waals surface area (Å²) in [5, 5.41) is -5.49. The zero-order chi connectivity index (χ0) is 29.4. The van der Waals surface area contributed by atoms with Crippen molar-refractivity contribution < 1.29 is 51.6 Å². The number of halogens is 9. The number of alkyl halides is 9. The van der Waals surface area contributed by atoms with Crippen molar-refractivity contribution in [3.63, 3.8) is 0 Å². The van der Waals surface area contributed by atoms with E-state index < -0.39 is 43.7 Å². The number of hydrogen-bond acceptors (Lipinski definition) is 3. The fourth-order valence-electron chi connectivity index (χ4n) is 6.34. The van der Waals surface area contributed by atoms with Crippen molar-refractivity contribution in [3.8, 4) is 0 Å². The smallest absolute Gasteiger partial charge is 0.211 e. The lowest BCUT2D eigenvalue weighted by atomic mass is 9.63. The molecule has 1 aliphatic heterocycles. The van der Waals surface area contributed by atoms with Crippen LogP contribution in [0.1, 0.15) is 56.4 Å². The lowest BCUT2D eigenvalue weighted by Crippen LogP contribution is -2.63. The van der Waals surface area contributed by atoms with Gasteiger partial charge >= 0.3 is 33.4 Å². The van der Waals surface area contributed by atoms with Gasteiger partial charge in [0.25, 0.3) is 0 Å². The van der Waals surface area contributed by atoms with Crippen LogP contribution in [0.3, 0.4) is 0 Å². The second-order valence-corrected chi connectivity index (χ2v) is 15.9. The monoisotopic (exact) mass is 622 g/mol. The molecule has 224 valence electrons. The average molecular weight is 623 g/mol. The molecule has 1 heterocycles. The summed E-state index contributed by atoms with van der Waals surface area (Å²) in [6, 6.07) is 10.3. The van der Waals surface area contributed by atoms with Crippen molar-refractivity contribution in [1.82, 2.24) is 0 Å². The predicted octanol–water partition coefficient (Wildman–Crippen LogP) is 8.78. The number of hydrogen-bond donors (Lipinski definition) is 0. The van der Waals surface area contributed by atoms with E-state index in [-0.39, 0.29) is 29.2 Å². The van der Waals surface area contributed by atoms with Crippen molar-refractivity contribution in [3.05, 3.63) is 42.0 Å². The van der Waals surface area contributed by atoms with Crippen molar-refractivity contribution >= 4 is 31.2 Å². The molecule has 14 heteroatoms. The fraction of sp³-hybridized carbons (Fsp3) is 0.615. The third-order valence-corrected chi connectivity index (χ3v) is 14.2. The highest BCUT2D eigenvalue weighted by Gasteiger charge is 2.86. The Kier molecular flexibility index (Phi) is 7.22. The Morgan fingerprint density at radius 1 is 0.750 bits per heavy atom. The van der Waals surface area contributed by atoms with E-state index in [4.69, 9.17) is 0 Å². The van der Waals surface area contributed by atoms with E-state index in [2.05, 4.69) is 3.63 Å². The van der Waals surface area contributed by atoms with Gasteiger partial charge in [-0.1, -0.05) is 47.4 Å². The molecule has 0 radical (unpaired) electrons. The van der Waals surface area contributed by atoms with E-state index in [1.807, 2.05) is 12.1 Å². The van der Waals surface area contributed by atoms with Gasteiger partial charge in [-0.25, -0.2) is 3.63 Å². The maximum atomic E-state index is 14.5. The highest BCUT2D eigenvalue weighted by atomic mass is 32.3. The summed E-state index contributed by atoms with van der Waals surface area (Å²) in [7, 11) is -10.2. The predicted molar refractivity (Wildman–Crippen MR) is 132 cm³/mol. The Balaban J connectivity index is 1.47. The first-order valence-corrected chi connectivity index (χ1v) is 16.2. The summed E-state index contributed by atoms with van der Waals surface area (Å²) in [6.45, 7) is 0. The van der Waals surface area contributed by atoms with Gasteiger partial charge in [0.1, 0.15) is 0 Å². The van der Waals surface area contributed by atoms with Gasteiger partial charge in [-0.3, -0.25) is 0 Å². The van der Waals surface area contributed by atoms with Crippen LogP contribution in [0.2, 0.25) is 0 Å². The number of rotatable bonds is 7. The molecular formula is C26H27F9O3S2. The molecule has 4 aliphatic rings. The van der Waals surface area contributed by atoms with E-state index in [9.17, 15) is 47.9 Å². The normalized spacial score (nSPS) is 26.8. The maximum Gasteiger partial charge on any atom is 0.460 e. The summed E-state index contributed by atoms with van der Waals surface area (Å²) in [5.41, 5.74) is 1.16. The van der Waals surface area contributed by atoms with Crippen molar-refractivity contribution in [1.29, 1.82) is 0 Å². The van der Waals surface area contributed by atoms with Gasteiger partial charge in [0, 0.05) is 16.4 Å². The molecule has 40 heavy (non-hydrogen) atoms. The first-order chi connectivity index (χ1) is 18.4. The fourth-order valence-corrected chi connectivity index (χ4v) is 12.0. The Hall–Kier alpha value is -1.67. The van der Waals surface area contributed by atoms with E-state index in [0.29, 0.717) is 23.1 Å². The zero-order valence-corrected chi connectivity index (χ0v) is 22.6. The Bertz CT molecular complexity index is 1380. The summed E-state index contributed by atoms with van der Waals surface area (Å²) in [6.07, 6.45) is -0.735. The van der Waals surface area contributed by atoms with Crippen LogP contribution < -0.4 is 0 Å². The second-order valence-electron chi connectivity index (χ2n) is 11.0. The third kappa shape index (κ3) is 4.60. The lowest BCUT2D eigenvalue weighted by molar-refractivity contribution is -0.382. The van der Waals surface area contributed by atoms with Crippen LogP contribution in [0.25, 0.3) is 10.8 Å². The van der Waals surface area contributed by atoms with Crippen molar-refractivity contribution in [2.45, 2.75) is 79.0 Å². The largest absolute Gasteiger partial charge is 0.460 e. The molecule has 4 fully saturated rings. The second kappa shape index (κ2) is 9.68. The van der Waals surface area contributed by atoms with Crippen LogP contribution in [0.4, 0.5) is 39.5 Å². The van der Waals surface area contributed by atoms with E-state index in [0.717, 1.165) is 17.4 Å². The molecular weight excluding hydrogens is 595 g/mol. The molecule has 2 aromatic carbocycles. The Morgan fingerprint density at radius 2 is 1.32 bits per heavy atom. The van der Waals surface area contributed by atoms with Gasteiger partial charge < -0.3 is 0 Å². The SMILES string of the molecule is O=S(=O)(OS1(c2ccc3cc(C4CC5CCC4CC5)ccc3c2)CCCC1)C(F)(F)C(F)(F)C(F)(F)C(F)(F)F. The molecule has 0 spiro atoms. The van der Waals surface area contributed by atoms with Gasteiger partial charge in [0.05, 0.1) is 0 Å². The van der Waals surface area contributed by atoms with E-state index in [1.165, 1.54) is 37.8 Å². The minimum absolute atomic E-state index is 0.104. The van der Waals surface area contributed by atoms with Gasteiger partial charge in [-0.05, 0) is 78.3 Å². The van der Waals surface area contributed by atoms with Gasteiger partial charge in [0.15, 0.2) is 0 Å². The molecule has 1 atom stereocenters. The van der Waals surface area contributed by atoms with E-state index in [1.54, 1.807) is 12.1 Å². The third-order valence-electron chi connectivity index (χ3n) is 8.59. The molecule has 6 rings (SSSR count). The average Bonchev–Trinajstić information content (AvgIpc) is 3.36. The summed E-state index contributed by atoms with van der Waals surface area (Å²) in [4.78, 5) is 0.104. The van der Waals surface area contributed by atoms with Gasteiger partial charge in [-0.2, -0.15) is 47.9 Å². The van der Waals surface area contributed by atoms with Crippen LogP contribution in [0.5, 0.6) is 0 Å². The minimum atomic E-state index is -7.34. The minimum Gasteiger partial charge on any atom is -0.211 e. The molecule has 0 N–H and O–H groups in total. The molecule has 3 nitrogen and oxygen atoms in total. The highest BCUT2D eigenvalue weighted by molar-refractivity contribution is 8.33. The standard InChI is InChI=1S/C26H27F9O3S2/c27-23(28,25(31,32)33)24(29,30)26(34,35)40(36,37)38-39(11-1-2-12-39)21-10-9-18-14-20(8-7-19(18)15-21)22-13-16-3-5-17(22)6-4-16/h7-10,14-17,22H,1-6,11-13H2. The molecule has 0 aromatic heterocycles. The lowest BCUT2D eigenvalue weighted by Gasteiger charge is -2.42. The summed E-state index contributed by atoms with van der Waals surface area (Å²) in [5.74, 6) is -13.3. The first-order valence-electron chi connectivity index (χ1n) is 12.9. The molecule has 3 saturated carbocycles. The molecule has 2 aromatic rings. The maximum absolute atomic E-state index is 14.5. The topological polar surface area (TPSA) is 43.4 Å². The van der Waals surface area contributed by atoms with Crippen LogP contribution in [0, 0.1) is 11.8 Å². The van der Waals surface area contributed by atoms with Gasteiger partial charge in [0.2, 0.25) is 0 Å². The Morgan fingerprint density at radius 3 is 1.88 bits per heavy atom. The molecule has 3 aliphatic carbocycles. The molecule has 2 bridgehead atoms. The molecule has 0 amide bonds. The van der Waals surface area contributed by atoms with Crippen LogP contribution >= 0.6 is 10.3 Å². The number of benzene rings is 2. The summed E-state index contributed by atoms with van der Waals surface area (Å²) >= 11 is 0. The van der Waals surface area contributed by atoms with Gasteiger partial charge in [-0.15, -0.1) is 0 Å². The molecule has 1 unspecified atom stereocenters. The molecule has 1 saturated heterocycles. The quantitative estimate of drug-likeness (QED) is 0.290. The van der Waals surface area contributed by atoms with Crippen LogP contribution in [-0.2, 0) is 13.7 Å².